The predicted molar refractivity (Wildman–Crippen MR) is 75.9 cm³/mol. The summed E-state index contributed by atoms with van der Waals surface area (Å²) in [6, 6.07) is 8.24. The minimum absolute atomic E-state index is 0.220. The third-order valence-electron chi connectivity index (χ3n) is 4.10. The molecule has 4 nitrogen and oxygen atoms in total. The van der Waals surface area contributed by atoms with Crippen LogP contribution in [-0.4, -0.2) is 31.0 Å². The molecule has 2 heterocycles. The first kappa shape index (κ1) is 12.0. The number of rotatable bonds is 1. The number of fused-ring (bicyclic) bond motifs is 2. The number of para-hydroxylation sites is 1. The minimum Gasteiger partial charge on any atom is -0.473 e. The van der Waals surface area contributed by atoms with E-state index in [1.54, 1.807) is 0 Å². The smallest absolute Gasteiger partial charge is 0.161 e. The Kier molecular flexibility index (Phi) is 2.98. The molecule has 104 valence electrons. The van der Waals surface area contributed by atoms with Gasteiger partial charge in [-0.05, 0) is 12.1 Å². The molecule has 0 spiro atoms. The highest BCUT2D eigenvalue weighted by Gasteiger charge is 2.27. The topological polar surface area (TPSA) is 33.7 Å². The number of hydrogen-bond donors (Lipinski definition) is 1. The molecule has 4 rings (SSSR count). The summed E-state index contributed by atoms with van der Waals surface area (Å²) in [5, 5.41) is 3.27. The molecule has 0 radical (unpaired) electrons. The highest BCUT2D eigenvalue weighted by Crippen LogP contribution is 2.29. The molecular formula is C16H18N2O2. The molecule has 1 N–H and O–H groups in total. The summed E-state index contributed by atoms with van der Waals surface area (Å²) in [7, 11) is 0. The highest BCUT2D eigenvalue weighted by atomic mass is 16.5. The van der Waals surface area contributed by atoms with E-state index in [0.29, 0.717) is 19.4 Å². The van der Waals surface area contributed by atoms with Crippen LogP contribution >= 0.6 is 0 Å². The fourth-order valence-electron chi connectivity index (χ4n) is 2.99. The van der Waals surface area contributed by atoms with Crippen molar-refractivity contribution in [1.29, 1.82) is 0 Å². The van der Waals surface area contributed by atoms with Gasteiger partial charge in [0.05, 0.1) is 12.8 Å². The summed E-state index contributed by atoms with van der Waals surface area (Å²) in [4.78, 5) is 2.27. The third-order valence-corrected chi connectivity index (χ3v) is 4.10. The van der Waals surface area contributed by atoms with E-state index in [1.165, 1.54) is 11.3 Å². The standard InChI is InChI=1S/C16H18N2O2/c1-2-4-15-12(3-1)9-18(11-20-15)14-5-6-16-13(7-14)8-17-10-19-16/h1-7,13,16-17H,8-11H2. The van der Waals surface area contributed by atoms with Crippen LogP contribution < -0.4 is 10.1 Å². The minimum atomic E-state index is 0.220. The summed E-state index contributed by atoms with van der Waals surface area (Å²) >= 11 is 0. The van der Waals surface area contributed by atoms with Gasteiger partial charge in [0.1, 0.15) is 5.75 Å². The number of hydrogen-bond acceptors (Lipinski definition) is 4. The molecule has 1 aromatic carbocycles. The molecular weight excluding hydrogens is 252 g/mol. The Hall–Kier alpha value is -1.78. The Balaban J connectivity index is 1.54. The first-order valence-corrected chi connectivity index (χ1v) is 7.08. The van der Waals surface area contributed by atoms with Gasteiger partial charge in [-0.3, -0.25) is 5.32 Å². The zero-order valence-corrected chi connectivity index (χ0v) is 11.3. The Labute approximate surface area is 118 Å². The van der Waals surface area contributed by atoms with Crippen LogP contribution in [0.4, 0.5) is 0 Å². The Morgan fingerprint density at radius 1 is 1.25 bits per heavy atom. The Morgan fingerprint density at radius 3 is 3.20 bits per heavy atom. The van der Waals surface area contributed by atoms with E-state index in [9.17, 15) is 0 Å². The molecule has 0 saturated carbocycles. The lowest BCUT2D eigenvalue weighted by Crippen LogP contribution is -2.42. The molecule has 0 bridgehead atoms. The van der Waals surface area contributed by atoms with Crippen molar-refractivity contribution in [2.45, 2.75) is 12.6 Å². The predicted octanol–water partition coefficient (Wildman–Crippen LogP) is 1.85. The zero-order chi connectivity index (χ0) is 13.4. The lowest BCUT2D eigenvalue weighted by atomic mass is 9.94. The molecule has 0 aromatic heterocycles. The molecule has 0 amide bonds. The van der Waals surface area contributed by atoms with Gasteiger partial charge in [-0.2, -0.15) is 0 Å². The van der Waals surface area contributed by atoms with E-state index in [0.717, 1.165) is 18.8 Å². The second-order valence-corrected chi connectivity index (χ2v) is 5.42. The summed E-state index contributed by atoms with van der Waals surface area (Å²) in [5.74, 6) is 1.42. The van der Waals surface area contributed by atoms with Crippen molar-refractivity contribution in [2.24, 2.45) is 5.92 Å². The fraction of sp³-hybridized carbons (Fsp3) is 0.375. The van der Waals surface area contributed by atoms with Crippen molar-refractivity contribution in [2.75, 3.05) is 20.0 Å². The second kappa shape index (κ2) is 4.96. The number of nitrogens with one attached hydrogen (secondary N) is 1. The van der Waals surface area contributed by atoms with Gasteiger partial charge in [0.15, 0.2) is 6.73 Å². The zero-order valence-electron chi connectivity index (χ0n) is 11.3. The molecule has 4 heteroatoms. The van der Waals surface area contributed by atoms with Crippen molar-refractivity contribution >= 4 is 0 Å². The number of benzene rings is 1. The van der Waals surface area contributed by atoms with Crippen molar-refractivity contribution in [1.82, 2.24) is 10.2 Å². The number of ether oxygens (including phenoxy) is 2. The fourth-order valence-corrected chi connectivity index (χ4v) is 2.99. The third kappa shape index (κ3) is 2.11. The average molecular weight is 270 g/mol. The van der Waals surface area contributed by atoms with E-state index >= 15 is 0 Å². The van der Waals surface area contributed by atoms with Gasteiger partial charge in [-0.15, -0.1) is 0 Å². The van der Waals surface area contributed by atoms with Crippen LogP contribution in [0.2, 0.25) is 0 Å². The summed E-state index contributed by atoms with van der Waals surface area (Å²) in [5.41, 5.74) is 2.47. The van der Waals surface area contributed by atoms with Gasteiger partial charge in [-0.25, -0.2) is 0 Å². The first-order valence-electron chi connectivity index (χ1n) is 7.08. The van der Waals surface area contributed by atoms with Crippen LogP contribution in [0.5, 0.6) is 5.75 Å². The normalized spacial score (nSPS) is 28.2. The molecule has 3 aliphatic rings. The molecule has 1 aliphatic carbocycles. The molecule has 2 aliphatic heterocycles. The average Bonchev–Trinajstić information content (AvgIpc) is 2.54. The van der Waals surface area contributed by atoms with Crippen LogP contribution in [0.3, 0.4) is 0 Å². The SMILES string of the molecule is C1=CC2OCNCC2C=C1N1COc2ccccc2C1. The van der Waals surface area contributed by atoms with Crippen molar-refractivity contribution < 1.29 is 9.47 Å². The molecule has 20 heavy (non-hydrogen) atoms. The molecule has 2 unspecified atom stereocenters. The van der Waals surface area contributed by atoms with E-state index < -0.39 is 0 Å². The first-order chi connectivity index (χ1) is 9.90. The summed E-state index contributed by atoms with van der Waals surface area (Å²) in [6.45, 7) is 3.13. The van der Waals surface area contributed by atoms with Crippen LogP contribution in [0, 0.1) is 5.92 Å². The lowest BCUT2D eigenvalue weighted by Gasteiger charge is -2.36. The maximum atomic E-state index is 5.83. The van der Waals surface area contributed by atoms with Crippen molar-refractivity contribution in [3.8, 4) is 5.75 Å². The van der Waals surface area contributed by atoms with Crippen molar-refractivity contribution in [3.05, 3.63) is 53.8 Å². The quantitative estimate of drug-likeness (QED) is 0.844. The summed E-state index contributed by atoms with van der Waals surface area (Å²) in [6.07, 6.45) is 6.84. The monoisotopic (exact) mass is 270 g/mol. The number of allylic oxidation sites excluding steroid dienone is 1. The van der Waals surface area contributed by atoms with E-state index in [2.05, 4.69) is 40.6 Å². The van der Waals surface area contributed by atoms with Crippen LogP contribution in [0.25, 0.3) is 0 Å². The van der Waals surface area contributed by atoms with Gasteiger partial charge in [0, 0.05) is 30.3 Å². The Morgan fingerprint density at radius 2 is 2.20 bits per heavy atom. The summed E-state index contributed by atoms with van der Waals surface area (Å²) < 4.78 is 11.5. The molecule has 1 fully saturated rings. The second-order valence-electron chi connectivity index (χ2n) is 5.42. The largest absolute Gasteiger partial charge is 0.473 e. The molecule has 1 saturated heterocycles. The van der Waals surface area contributed by atoms with E-state index in [1.807, 2.05) is 12.1 Å². The van der Waals surface area contributed by atoms with Crippen molar-refractivity contribution in [3.63, 3.8) is 0 Å². The van der Waals surface area contributed by atoms with Gasteiger partial charge >= 0.3 is 0 Å². The number of nitrogens with zero attached hydrogens (tertiary/aromatic N) is 1. The van der Waals surface area contributed by atoms with Gasteiger partial charge in [0.2, 0.25) is 0 Å². The van der Waals surface area contributed by atoms with Crippen LogP contribution in [-0.2, 0) is 11.3 Å². The molecule has 2 atom stereocenters. The van der Waals surface area contributed by atoms with Gasteiger partial charge in [0.25, 0.3) is 0 Å². The lowest BCUT2D eigenvalue weighted by molar-refractivity contribution is 0.00863. The van der Waals surface area contributed by atoms with Gasteiger partial charge in [-0.1, -0.05) is 30.4 Å². The molecule has 1 aromatic rings. The maximum absolute atomic E-state index is 5.83. The van der Waals surface area contributed by atoms with Gasteiger partial charge < -0.3 is 14.4 Å². The van der Waals surface area contributed by atoms with E-state index in [4.69, 9.17) is 9.47 Å². The highest BCUT2D eigenvalue weighted by molar-refractivity contribution is 5.36. The van der Waals surface area contributed by atoms with Crippen LogP contribution in [0.15, 0.2) is 48.2 Å². The van der Waals surface area contributed by atoms with E-state index in [-0.39, 0.29) is 6.10 Å². The van der Waals surface area contributed by atoms with Crippen LogP contribution in [0.1, 0.15) is 5.56 Å². The Bertz CT molecular complexity index is 567. The maximum Gasteiger partial charge on any atom is 0.161 e.